The zero-order chi connectivity index (χ0) is 13.5. The summed E-state index contributed by atoms with van der Waals surface area (Å²) in [5.41, 5.74) is 2.74. The topological polar surface area (TPSA) is 35.5 Å². The van der Waals surface area contributed by atoms with Crippen LogP contribution in [0.15, 0.2) is 23.3 Å². The number of carbonyl (C=O) groups is 1. The summed E-state index contributed by atoms with van der Waals surface area (Å²) in [4.78, 5) is 11.6. The smallest absolute Gasteiger partial charge is 0.311 e. The van der Waals surface area contributed by atoms with Crippen LogP contribution in [0.3, 0.4) is 0 Å². The van der Waals surface area contributed by atoms with E-state index < -0.39 is 0 Å². The van der Waals surface area contributed by atoms with E-state index in [0.717, 1.165) is 25.7 Å². The Morgan fingerprint density at radius 1 is 1.44 bits per heavy atom. The molecule has 102 valence electrons. The molecule has 2 atom stereocenters. The van der Waals surface area contributed by atoms with Crippen molar-refractivity contribution < 1.29 is 14.3 Å². The van der Waals surface area contributed by atoms with E-state index in [2.05, 4.69) is 26.0 Å². The van der Waals surface area contributed by atoms with Gasteiger partial charge < -0.3 is 9.47 Å². The van der Waals surface area contributed by atoms with E-state index in [1.807, 2.05) is 0 Å². The fourth-order valence-corrected chi connectivity index (χ4v) is 2.33. The average molecular weight is 252 g/mol. The molecule has 18 heavy (non-hydrogen) atoms. The molecular weight excluding hydrogens is 228 g/mol. The predicted octanol–water partition coefficient (Wildman–Crippen LogP) is 3.26. The quantitative estimate of drug-likeness (QED) is 0.556. The third-order valence-electron chi connectivity index (χ3n) is 3.37. The fourth-order valence-electron chi connectivity index (χ4n) is 2.33. The number of carbonyl (C=O) groups excluding carboxylic acids is 1. The van der Waals surface area contributed by atoms with Crippen LogP contribution < -0.4 is 0 Å². The summed E-state index contributed by atoms with van der Waals surface area (Å²) in [5.74, 6) is -0.311. The van der Waals surface area contributed by atoms with Gasteiger partial charge >= 0.3 is 5.97 Å². The fraction of sp³-hybridized carbons (Fsp3) is 0.667. The van der Waals surface area contributed by atoms with Gasteiger partial charge in [0.05, 0.1) is 19.1 Å². The van der Waals surface area contributed by atoms with Gasteiger partial charge in [0.2, 0.25) is 0 Å². The van der Waals surface area contributed by atoms with Gasteiger partial charge in [0.1, 0.15) is 0 Å². The maximum absolute atomic E-state index is 11.6. The lowest BCUT2D eigenvalue weighted by atomic mass is 9.85. The van der Waals surface area contributed by atoms with Crippen molar-refractivity contribution in [2.24, 2.45) is 5.92 Å². The monoisotopic (exact) mass is 252 g/mol. The second-order valence-corrected chi connectivity index (χ2v) is 5.01. The molecule has 0 heterocycles. The molecule has 3 heteroatoms. The zero-order valence-electron chi connectivity index (χ0n) is 11.9. The molecule has 0 amide bonds. The molecule has 0 spiro atoms. The van der Waals surface area contributed by atoms with Crippen LogP contribution in [0.2, 0.25) is 0 Å². The van der Waals surface area contributed by atoms with Gasteiger partial charge in [0, 0.05) is 7.11 Å². The van der Waals surface area contributed by atoms with E-state index in [9.17, 15) is 4.79 Å². The van der Waals surface area contributed by atoms with E-state index in [1.54, 1.807) is 7.11 Å². The lowest BCUT2D eigenvalue weighted by molar-refractivity contribution is -0.149. The molecule has 0 aromatic carbocycles. The average Bonchev–Trinajstić information content (AvgIpc) is 2.37. The molecule has 1 rings (SSSR count). The maximum Gasteiger partial charge on any atom is 0.311 e. The number of ether oxygens (including phenoxy) is 2. The summed E-state index contributed by atoms with van der Waals surface area (Å²) in [6.45, 7) is 4.22. The number of hydrogen-bond acceptors (Lipinski definition) is 3. The van der Waals surface area contributed by atoms with Crippen LogP contribution in [0.5, 0.6) is 0 Å². The molecule has 0 fully saturated rings. The van der Waals surface area contributed by atoms with Crippen LogP contribution in [0, 0.1) is 5.92 Å². The minimum atomic E-state index is -0.165. The van der Waals surface area contributed by atoms with Gasteiger partial charge in [-0.25, -0.2) is 0 Å². The Bertz CT molecular complexity index is 338. The Hall–Kier alpha value is -1.09. The van der Waals surface area contributed by atoms with Gasteiger partial charge in [0.15, 0.2) is 0 Å². The standard InChI is InChI=1S/C15H24O3/c1-11(2)6-5-7-12-8-9-13(15(16)18-4)14(10-12)17-3/h6,10,13-14H,5,7-9H2,1-4H3/t13-,14+/m0/s1. The Balaban J connectivity index is 2.60. The molecule has 0 aromatic heterocycles. The third kappa shape index (κ3) is 4.30. The second kappa shape index (κ2) is 7.37. The summed E-state index contributed by atoms with van der Waals surface area (Å²) < 4.78 is 10.2. The van der Waals surface area contributed by atoms with Crippen LogP contribution in [0.25, 0.3) is 0 Å². The third-order valence-corrected chi connectivity index (χ3v) is 3.37. The molecule has 0 aliphatic heterocycles. The minimum absolute atomic E-state index is 0.132. The minimum Gasteiger partial charge on any atom is -0.469 e. The predicted molar refractivity (Wildman–Crippen MR) is 72.3 cm³/mol. The normalized spacial score (nSPS) is 23.2. The van der Waals surface area contributed by atoms with Crippen LogP contribution in [-0.4, -0.2) is 26.3 Å². The van der Waals surface area contributed by atoms with Gasteiger partial charge in [-0.3, -0.25) is 4.79 Å². The Morgan fingerprint density at radius 2 is 2.17 bits per heavy atom. The van der Waals surface area contributed by atoms with Gasteiger partial charge in [-0.2, -0.15) is 0 Å². The Kier molecular flexibility index (Phi) is 6.13. The van der Waals surface area contributed by atoms with E-state index in [4.69, 9.17) is 9.47 Å². The highest BCUT2D eigenvalue weighted by molar-refractivity contribution is 5.73. The molecule has 0 radical (unpaired) electrons. The number of esters is 1. The molecule has 3 nitrogen and oxygen atoms in total. The summed E-state index contributed by atoms with van der Waals surface area (Å²) in [5, 5.41) is 0. The largest absolute Gasteiger partial charge is 0.469 e. The van der Waals surface area contributed by atoms with E-state index in [1.165, 1.54) is 18.3 Å². The number of rotatable bonds is 5. The lowest BCUT2D eigenvalue weighted by Crippen LogP contribution is -2.32. The molecule has 0 unspecified atom stereocenters. The first-order valence-corrected chi connectivity index (χ1v) is 6.52. The maximum atomic E-state index is 11.6. The van der Waals surface area contributed by atoms with Crippen molar-refractivity contribution in [1.82, 2.24) is 0 Å². The van der Waals surface area contributed by atoms with Crippen molar-refractivity contribution in [2.45, 2.75) is 45.6 Å². The van der Waals surface area contributed by atoms with Crippen molar-refractivity contribution >= 4 is 5.97 Å². The highest BCUT2D eigenvalue weighted by atomic mass is 16.5. The number of allylic oxidation sites excluding steroid dienone is 3. The molecule has 0 aromatic rings. The van der Waals surface area contributed by atoms with E-state index in [0.29, 0.717) is 0 Å². The van der Waals surface area contributed by atoms with Gasteiger partial charge in [-0.05, 0) is 39.5 Å². The first-order valence-electron chi connectivity index (χ1n) is 6.52. The molecule has 0 bridgehead atoms. The van der Waals surface area contributed by atoms with Crippen molar-refractivity contribution in [2.75, 3.05) is 14.2 Å². The van der Waals surface area contributed by atoms with E-state index in [-0.39, 0.29) is 18.0 Å². The van der Waals surface area contributed by atoms with Crippen LogP contribution in [0.4, 0.5) is 0 Å². The van der Waals surface area contributed by atoms with Crippen LogP contribution in [-0.2, 0) is 14.3 Å². The van der Waals surface area contributed by atoms with Crippen LogP contribution >= 0.6 is 0 Å². The molecule has 0 saturated heterocycles. The summed E-state index contributed by atoms with van der Waals surface area (Å²) >= 11 is 0. The molecule has 0 N–H and O–H groups in total. The first-order chi connectivity index (χ1) is 8.58. The number of hydrogen-bond donors (Lipinski definition) is 0. The highest BCUT2D eigenvalue weighted by Crippen LogP contribution is 2.29. The van der Waals surface area contributed by atoms with Crippen molar-refractivity contribution in [3.8, 4) is 0 Å². The van der Waals surface area contributed by atoms with Crippen molar-refractivity contribution in [3.05, 3.63) is 23.3 Å². The zero-order valence-corrected chi connectivity index (χ0v) is 11.9. The highest BCUT2D eigenvalue weighted by Gasteiger charge is 2.31. The molecule has 0 saturated carbocycles. The second-order valence-electron chi connectivity index (χ2n) is 5.01. The lowest BCUT2D eigenvalue weighted by Gasteiger charge is -2.27. The first kappa shape index (κ1) is 15.0. The molecule has 1 aliphatic carbocycles. The Morgan fingerprint density at radius 3 is 2.72 bits per heavy atom. The van der Waals surface area contributed by atoms with Crippen LogP contribution in [0.1, 0.15) is 39.5 Å². The summed E-state index contributed by atoms with van der Waals surface area (Å²) in [6, 6.07) is 0. The van der Waals surface area contributed by atoms with Gasteiger partial charge in [0.25, 0.3) is 0 Å². The SMILES string of the molecule is COC(=O)[C@H]1CCC(CCC=C(C)C)=C[C@H]1OC. The summed E-state index contributed by atoms with van der Waals surface area (Å²) in [7, 11) is 3.08. The van der Waals surface area contributed by atoms with Gasteiger partial charge in [-0.15, -0.1) is 0 Å². The van der Waals surface area contributed by atoms with E-state index >= 15 is 0 Å². The Labute approximate surface area is 110 Å². The number of methoxy groups -OCH3 is 2. The van der Waals surface area contributed by atoms with Crippen molar-refractivity contribution in [3.63, 3.8) is 0 Å². The van der Waals surface area contributed by atoms with Gasteiger partial charge in [-0.1, -0.05) is 23.3 Å². The molecular formula is C15H24O3. The summed E-state index contributed by atoms with van der Waals surface area (Å²) in [6.07, 6.45) is 8.13. The molecule has 1 aliphatic rings. The van der Waals surface area contributed by atoms with Crippen molar-refractivity contribution in [1.29, 1.82) is 0 Å².